The van der Waals surface area contributed by atoms with Crippen LogP contribution in [0.1, 0.15) is 19.4 Å². The second-order valence-electron chi connectivity index (χ2n) is 7.35. The van der Waals surface area contributed by atoms with Crippen LogP contribution in [0.3, 0.4) is 0 Å². The second kappa shape index (κ2) is 8.85. The van der Waals surface area contributed by atoms with Gasteiger partial charge in [0.25, 0.3) is 0 Å². The van der Waals surface area contributed by atoms with E-state index in [2.05, 4.69) is 23.6 Å². The number of nitrogens with zero attached hydrogens (tertiary/aromatic N) is 2. The third-order valence-corrected chi connectivity index (χ3v) is 4.57. The van der Waals surface area contributed by atoms with Crippen molar-refractivity contribution in [3.63, 3.8) is 0 Å². The molecule has 25 heavy (non-hydrogen) atoms. The summed E-state index contributed by atoms with van der Waals surface area (Å²) in [5.41, 5.74) is 1.03. The molecule has 2 heterocycles. The summed E-state index contributed by atoms with van der Waals surface area (Å²) < 4.78 is 16.3. The fraction of sp³-hybridized carbons (Fsp3) is 0.684. The van der Waals surface area contributed by atoms with Crippen LogP contribution in [0.25, 0.3) is 0 Å². The van der Waals surface area contributed by atoms with E-state index >= 15 is 0 Å². The standard InChI is InChI=1S/C19H30N2O4/c1-15(2)10-20-5-7-21(8-6-20)11-17(22)13-23-12-16-3-4-18-19(9-16)25-14-24-18/h3-4,9,15,17,22H,5-8,10-14H2,1-2H3. The largest absolute Gasteiger partial charge is 0.454 e. The molecular formula is C19H30N2O4. The molecule has 2 aliphatic heterocycles. The van der Waals surface area contributed by atoms with E-state index in [0.717, 1.165) is 49.8 Å². The maximum atomic E-state index is 10.2. The maximum Gasteiger partial charge on any atom is 0.231 e. The average Bonchev–Trinajstić information content (AvgIpc) is 3.04. The number of benzene rings is 1. The van der Waals surface area contributed by atoms with Gasteiger partial charge in [-0.05, 0) is 23.6 Å². The molecule has 1 fully saturated rings. The lowest BCUT2D eigenvalue weighted by Crippen LogP contribution is -2.49. The number of hydrogen-bond acceptors (Lipinski definition) is 6. The molecule has 2 aliphatic rings. The highest BCUT2D eigenvalue weighted by Gasteiger charge is 2.20. The molecule has 1 N–H and O–H groups in total. The van der Waals surface area contributed by atoms with Crippen LogP contribution < -0.4 is 9.47 Å². The third kappa shape index (κ3) is 5.57. The number of β-amino-alcohol motifs (C(OH)–C–C–N with tert-alkyl or cyclic N) is 1. The fourth-order valence-electron chi connectivity index (χ4n) is 3.37. The van der Waals surface area contributed by atoms with Crippen LogP contribution in [-0.2, 0) is 11.3 Å². The Labute approximate surface area is 150 Å². The topological polar surface area (TPSA) is 54.4 Å². The first-order valence-electron chi connectivity index (χ1n) is 9.19. The minimum Gasteiger partial charge on any atom is -0.454 e. The van der Waals surface area contributed by atoms with Gasteiger partial charge in [0.05, 0.1) is 19.3 Å². The van der Waals surface area contributed by atoms with Gasteiger partial charge in [0.15, 0.2) is 11.5 Å². The van der Waals surface area contributed by atoms with Crippen LogP contribution >= 0.6 is 0 Å². The molecule has 1 aromatic carbocycles. The highest BCUT2D eigenvalue weighted by Crippen LogP contribution is 2.32. The molecule has 0 amide bonds. The van der Waals surface area contributed by atoms with Crippen LogP contribution in [0.15, 0.2) is 18.2 Å². The molecule has 0 saturated carbocycles. The summed E-state index contributed by atoms with van der Waals surface area (Å²) in [6, 6.07) is 5.80. The first-order chi connectivity index (χ1) is 12.1. The number of aliphatic hydroxyl groups excluding tert-OH is 1. The molecule has 3 rings (SSSR count). The van der Waals surface area contributed by atoms with Crippen molar-refractivity contribution in [1.82, 2.24) is 9.80 Å². The first-order valence-corrected chi connectivity index (χ1v) is 9.19. The number of fused-ring (bicyclic) bond motifs is 1. The Balaban J connectivity index is 1.33. The van der Waals surface area contributed by atoms with Crippen molar-refractivity contribution in [2.75, 3.05) is 52.7 Å². The zero-order valence-electron chi connectivity index (χ0n) is 15.3. The molecule has 1 atom stereocenters. The molecule has 1 aromatic rings. The molecule has 140 valence electrons. The van der Waals surface area contributed by atoms with Crippen LogP contribution in [0.4, 0.5) is 0 Å². The summed E-state index contributed by atoms with van der Waals surface area (Å²) in [5, 5.41) is 10.2. The van der Waals surface area contributed by atoms with Crippen LogP contribution in [0.2, 0.25) is 0 Å². The summed E-state index contributed by atoms with van der Waals surface area (Å²) in [4.78, 5) is 4.83. The predicted octanol–water partition coefficient (Wildman–Crippen LogP) is 1.57. The van der Waals surface area contributed by atoms with Crippen molar-refractivity contribution in [1.29, 1.82) is 0 Å². The van der Waals surface area contributed by atoms with E-state index in [4.69, 9.17) is 14.2 Å². The van der Waals surface area contributed by atoms with Gasteiger partial charge in [0.2, 0.25) is 6.79 Å². The fourth-order valence-corrected chi connectivity index (χ4v) is 3.37. The Morgan fingerprint density at radius 3 is 2.44 bits per heavy atom. The van der Waals surface area contributed by atoms with E-state index in [0.29, 0.717) is 25.7 Å². The van der Waals surface area contributed by atoms with Gasteiger partial charge in [0, 0.05) is 39.3 Å². The van der Waals surface area contributed by atoms with Gasteiger partial charge < -0.3 is 24.2 Å². The van der Waals surface area contributed by atoms with Crippen LogP contribution in [-0.4, -0.2) is 73.7 Å². The Hall–Kier alpha value is -1.34. The number of ether oxygens (including phenoxy) is 3. The molecule has 6 heteroatoms. The third-order valence-electron chi connectivity index (χ3n) is 4.57. The van der Waals surface area contributed by atoms with Gasteiger partial charge in [-0.2, -0.15) is 0 Å². The highest BCUT2D eigenvalue weighted by atomic mass is 16.7. The second-order valence-corrected chi connectivity index (χ2v) is 7.35. The quantitative estimate of drug-likeness (QED) is 0.768. The van der Waals surface area contributed by atoms with Crippen molar-refractivity contribution < 1.29 is 19.3 Å². The zero-order chi connectivity index (χ0) is 17.6. The van der Waals surface area contributed by atoms with E-state index in [1.807, 2.05) is 18.2 Å². The van der Waals surface area contributed by atoms with Crippen LogP contribution in [0, 0.1) is 5.92 Å². The first kappa shape index (κ1) is 18.5. The Bertz CT molecular complexity index is 544. The number of hydrogen-bond donors (Lipinski definition) is 1. The minimum atomic E-state index is -0.453. The van der Waals surface area contributed by atoms with Gasteiger partial charge in [0.1, 0.15) is 0 Å². The maximum absolute atomic E-state index is 10.2. The lowest BCUT2D eigenvalue weighted by atomic mass is 10.2. The molecule has 0 aromatic heterocycles. The Morgan fingerprint density at radius 1 is 1.04 bits per heavy atom. The SMILES string of the molecule is CC(C)CN1CCN(CC(O)COCc2ccc3c(c2)OCO3)CC1. The highest BCUT2D eigenvalue weighted by molar-refractivity contribution is 5.44. The monoisotopic (exact) mass is 350 g/mol. The zero-order valence-corrected chi connectivity index (χ0v) is 15.3. The van der Waals surface area contributed by atoms with Gasteiger partial charge in [-0.1, -0.05) is 19.9 Å². The van der Waals surface area contributed by atoms with Crippen molar-refractivity contribution in [3.8, 4) is 11.5 Å². The summed E-state index contributed by atoms with van der Waals surface area (Å²) in [7, 11) is 0. The molecular weight excluding hydrogens is 320 g/mol. The van der Waals surface area contributed by atoms with Crippen molar-refractivity contribution in [3.05, 3.63) is 23.8 Å². The van der Waals surface area contributed by atoms with Gasteiger partial charge in [-0.15, -0.1) is 0 Å². The smallest absolute Gasteiger partial charge is 0.231 e. The van der Waals surface area contributed by atoms with E-state index in [1.54, 1.807) is 0 Å². The Kier molecular flexibility index (Phi) is 6.53. The van der Waals surface area contributed by atoms with Crippen molar-refractivity contribution >= 4 is 0 Å². The van der Waals surface area contributed by atoms with Gasteiger partial charge in [-0.25, -0.2) is 0 Å². The molecule has 1 unspecified atom stereocenters. The molecule has 0 spiro atoms. The van der Waals surface area contributed by atoms with Crippen LogP contribution in [0.5, 0.6) is 11.5 Å². The Morgan fingerprint density at radius 2 is 1.72 bits per heavy atom. The number of piperazine rings is 1. The molecule has 0 aliphatic carbocycles. The number of aliphatic hydroxyl groups is 1. The summed E-state index contributed by atoms with van der Waals surface area (Å²) in [6.45, 7) is 11.7. The van der Waals surface area contributed by atoms with E-state index < -0.39 is 6.10 Å². The summed E-state index contributed by atoms with van der Waals surface area (Å²) >= 11 is 0. The molecule has 6 nitrogen and oxygen atoms in total. The van der Waals surface area contributed by atoms with E-state index in [1.165, 1.54) is 0 Å². The average molecular weight is 350 g/mol. The van der Waals surface area contributed by atoms with Crippen molar-refractivity contribution in [2.24, 2.45) is 5.92 Å². The lowest BCUT2D eigenvalue weighted by molar-refractivity contribution is 0.000729. The molecule has 1 saturated heterocycles. The van der Waals surface area contributed by atoms with E-state index in [9.17, 15) is 5.11 Å². The molecule has 0 radical (unpaired) electrons. The predicted molar refractivity (Wildman–Crippen MR) is 95.9 cm³/mol. The van der Waals surface area contributed by atoms with Gasteiger partial charge in [-0.3, -0.25) is 4.90 Å². The van der Waals surface area contributed by atoms with Crippen molar-refractivity contribution in [2.45, 2.75) is 26.6 Å². The van der Waals surface area contributed by atoms with E-state index in [-0.39, 0.29) is 6.79 Å². The summed E-state index contributed by atoms with van der Waals surface area (Å²) in [6.07, 6.45) is -0.453. The van der Waals surface area contributed by atoms with Gasteiger partial charge >= 0.3 is 0 Å². The lowest BCUT2D eigenvalue weighted by Gasteiger charge is -2.36. The number of rotatable bonds is 8. The normalized spacial score (nSPS) is 19.5. The minimum absolute atomic E-state index is 0.281. The molecule has 0 bridgehead atoms. The summed E-state index contributed by atoms with van der Waals surface area (Å²) in [5.74, 6) is 2.25.